The summed E-state index contributed by atoms with van der Waals surface area (Å²) in [6, 6.07) is 0. The van der Waals surface area contributed by atoms with Gasteiger partial charge >= 0.3 is 5.97 Å². The summed E-state index contributed by atoms with van der Waals surface area (Å²) in [4.78, 5) is 20.4. The molecular weight excluding hydrogens is 148 g/mol. The number of methoxy groups -OCH3 is 1. The predicted molar refractivity (Wildman–Crippen MR) is 38.4 cm³/mol. The first-order valence-electron chi connectivity index (χ1n) is 3.43. The highest BCUT2D eigenvalue weighted by molar-refractivity contribution is 6.32. The summed E-state index contributed by atoms with van der Waals surface area (Å²) in [7, 11) is 1.57. The van der Waals surface area contributed by atoms with Crippen LogP contribution in [-0.4, -0.2) is 30.6 Å². The van der Waals surface area contributed by atoms with Crippen LogP contribution in [0, 0.1) is 0 Å². The maximum atomic E-state index is 10.5. The lowest BCUT2D eigenvalue weighted by molar-refractivity contribution is -0.149. The van der Waals surface area contributed by atoms with E-state index in [1.165, 1.54) is 0 Å². The summed E-state index contributed by atoms with van der Waals surface area (Å²) in [6.45, 7) is 0.576. The summed E-state index contributed by atoms with van der Waals surface area (Å²) in [5.74, 6) is -2.07. The molecule has 4 heteroatoms. The molecule has 0 aliphatic rings. The largest absolute Gasteiger partial charge is 0.476 e. The summed E-state index contributed by atoms with van der Waals surface area (Å²) in [6.07, 6.45) is 1.42. The van der Waals surface area contributed by atoms with Gasteiger partial charge in [0.25, 0.3) is 0 Å². The number of carboxylic acids is 1. The van der Waals surface area contributed by atoms with Crippen molar-refractivity contribution in [2.24, 2.45) is 0 Å². The van der Waals surface area contributed by atoms with E-state index >= 15 is 0 Å². The molecule has 0 bridgehead atoms. The van der Waals surface area contributed by atoms with Crippen LogP contribution in [0.4, 0.5) is 0 Å². The van der Waals surface area contributed by atoms with Crippen molar-refractivity contribution in [3.63, 3.8) is 0 Å². The molecule has 0 saturated carbocycles. The van der Waals surface area contributed by atoms with Gasteiger partial charge in [0.2, 0.25) is 5.78 Å². The molecule has 0 amide bonds. The van der Waals surface area contributed by atoms with Gasteiger partial charge in [0, 0.05) is 20.1 Å². The summed E-state index contributed by atoms with van der Waals surface area (Å²) in [5, 5.41) is 8.16. The molecule has 0 aromatic carbocycles. The fourth-order valence-corrected chi connectivity index (χ4v) is 0.639. The summed E-state index contributed by atoms with van der Waals surface area (Å²) in [5.41, 5.74) is 0. The highest BCUT2D eigenvalue weighted by Crippen LogP contribution is 1.96. The minimum atomic E-state index is -1.34. The van der Waals surface area contributed by atoms with Crippen molar-refractivity contribution in [3.05, 3.63) is 0 Å². The maximum Gasteiger partial charge on any atom is 0.372 e. The number of ketones is 1. The molecule has 0 rings (SSSR count). The van der Waals surface area contributed by atoms with Crippen LogP contribution in [0.15, 0.2) is 0 Å². The van der Waals surface area contributed by atoms with Crippen molar-refractivity contribution in [3.8, 4) is 0 Å². The highest BCUT2D eigenvalue weighted by Gasteiger charge is 2.09. The number of carbonyl (C=O) groups excluding carboxylic acids is 1. The summed E-state index contributed by atoms with van der Waals surface area (Å²) >= 11 is 0. The first kappa shape index (κ1) is 10.1. The molecule has 0 aliphatic heterocycles. The van der Waals surface area contributed by atoms with Crippen molar-refractivity contribution in [1.29, 1.82) is 0 Å². The standard InChI is InChI=1S/C7H12O4/c1-11-5-3-2-4-6(8)7(9)10/h2-5H2,1H3,(H,9,10). The Morgan fingerprint density at radius 1 is 1.36 bits per heavy atom. The maximum absolute atomic E-state index is 10.5. The average Bonchev–Trinajstić information content (AvgIpc) is 1.97. The average molecular weight is 160 g/mol. The third kappa shape index (κ3) is 5.54. The zero-order valence-corrected chi connectivity index (χ0v) is 6.50. The molecule has 64 valence electrons. The monoisotopic (exact) mass is 160 g/mol. The third-order valence-electron chi connectivity index (χ3n) is 1.24. The van der Waals surface area contributed by atoms with Gasteiger partial charge in [-0.15, -0.1) is 0 Å². The normalized spacial score (nSPS) is 9.55. The van der Waals surface area contributed by atoms with E-state index in [0.717, 1.165) is 6.42 Å². The second kappa shape index (κ2) is 5.85. The Bertz CT molecular complexity index is 141. The van der Waals surface area contributed by atoms with Crippen LogP contribution in [0.25, 0.3) is 0 Å². The number of aliphatic carboxylic acids is 1. The van der Waals surface area contributed by atoms with E-state index in [1.54, 1.807) is 7.11 Å². The van der Waals surface area contributed by atoms with Gasteiger partial charge in [0.05, 0.1) is 0 Å². The van der Waals surface area contributed by atoms with Gasteiger partial charge in [0.15, 0.2) is 0 Å². The van der Waals surface area contributed by atoms with Gasteiger partial charge < -0.3 is 9.84 Å². The van der Waals surface area contributed by atoms with Crippen LogP contribution < -0.4 is 0 Å². The van der Waals surface area contributed by atoms with Crippen LogP contribution in [0.3, 0.4) is 0 Å². The number of unbranched alkanes of at least 4 members (excludes halogenated alkanes) is 1. The van der Waals surface area contributed by atoms with Crippen LogP contribution in [0.5, 0.6) is 0 Å². The van der Waals surface area contributed by atoms with Crippen molar-refractivity contribution < 1.29 is 19.4 Å². The van der Waals surface area contributed by atoms with Gasteiger partial charge in [-0.3, -0.25) is 4.79 Å². The Hall–Kier alpha value is -0.900. The number of hydrogen-bond acceptors (Lipinski definition) is 3. The molecule has 0 unspecified atom stereocenters. The lowest BCUT2D eigenvalue weighted by atomic mass is 10.2. The molecule has 0 heterocycles. The van der Waals surface area contributed by atoms with E-state index in [1.807, 2.05) is 0 Å². The lowest BCUT2D eigenvalue weighted by Crippen LogP contribution is -2.11. The number of ether oxygens (including phenoxy) is 1. The second-order valence-electron chi connectivity index (χ2n) is 2.18. The fourth-order valence-electron chi connectivity index (χ4n) is 0.639. The Labute approximate surface area is 65.2 Å². The molecular formula is C7H12O4. The molecule has 0 aromatic heterocycles. The van der Waals surface area contributed by atoms with E-state index in [9.17, 15) is 9.59 Å². The Morgan fingerprint density at radius 2 is 2.00 bits per heavy atom. The number of Topliss-reactive ketones (excluding diaryl/α,β-unsaturated/α-hetero) is 1. The van der Waals surface area contributed by atoms with Gasteiger partial charge in [-0.1, -0.05) is 0 Å². The molecule has 0 fully saturated rings. The molecule has 4 nitrogen and oxygen atoms in total. The van der Waals surface area contributed by atoms with Crippen LogP contribution in [0.2, 0.25) is 0 Å². The zero-order chi connectivity index (χ0) is 8.69. The minimum Gasteiger partial charge on any atom is -0.476 e. The Kier molecular flexibility index (Phi) is 5.37. The molecule has 0 radical (unpaired) electrons. The lowest BCUT2D eigenvalue weighted by Gasteiger charge is -1.95. The molecule has 0 atom stereocenters. The molecule has 11 heavy (non-hydrogen) atoms. The van der Waals surface area contributed by atoms with Gasteiger partial charge in [0.1, 0.15) is 0 Å². The van der Waals surface area contributed by atoms with E-state index in [2.05, 4.69) is 0 Å². The van der Waals surface area contributed by atoms with Crippen molar-refractivity contribution in [2.75, 3.05) is 13.7 Å². The van der Waals surface area contributed by atoms with E-state index in [-0.39, 0.29) is 6.42 Å². The number of hydrogen-bond donors (Lipinski definition) is 1. The topological polar surface area (TPSA) is 63.6 Å². The molecule has 0 aliphatic carbocycles. The van der Waals surface area contributed by atoms with E-state index < -0.39 is 11.8 Å². The van der Waals surface area contributed by atoms with Crippen molar-refractivity contribution in [2.45, 2.75) is 19.3 Å². The SMILES string of the molecule is COCCCCC(=O)C(=O)O. The Morgan fingerprint density at radius 3 is 2.45 bits per heavy atom. The summed E-state index contributed by atoms with van der Waals surface area (Å²) < 4.78 is 4.73. The van der Waals surface area contributed by atoms with Crippen LogP contribution in [-0.2, 0) is 14.3 Å². The molecule has 0 aromatic rings. The van der Waals surface area contributed by atoms with Gasteiger partial charge in [-0.05, 0) is 12.8 Å². The quantitative estimate of drug-likeness (QED) is 0.452. The van der Waals surface area contributed by atoms with Crippen LogP contribution >= 0.6 is 0 Å². The minimum absolute atomic E-state index is 0.110. The van der Waals surface area contributed by atoms with Crippen molar-refractivity contribution >= 4 is 11.8 Å². The van der Waals surface area contributed by atoms with E-state index in [4.69, 9.17) is 9.84 Å². The zero-order valence-electron chi connectivity index (χ0n) is 6.50. The Balaban J connectivity index is 3.25. The van der Waals surface area contributed by atoms with Crippen molar-refractivity contribution in [1.82, 2.24) is 0 Å². The number of rotatable bonds is 6. The molecule has 1 N–H and O–H groups in total. The smallest absolute Gasteiger partial charge is 0.372 e. The third-order valence-corrected chi connectivity index (χ3v) is 1.24. The van der Waals surface area contributed by atoms with Gasteiger partial charge in [-0.25, -0.2) is 4.79 Å². The molecule has 0 saturated heterocycles. The predicted octanol–water partition coefficient (Wildman–Crippen LogP) is 0.457. The van der Waals surface area contributed by atoms with E-state index in [0.29, 0.717) is 13.0 Å². The number of carbonyl (C=O) groups is 2. The van der Waals surface area contributed by atoms with Gasteiger partial charge in [-0.2, -0.15) is 0 Å². The highest BCUT2D eigenvalue weighted by atomic mass is 16.5. The fraction of sp³-hybridized carbons (Fsp3) is 0.714. The molecule has 0 spiro atoms. The number of carboxylic acid groups (broad SMARTS) is 1. The first-order chi connectivity index (χ1) is 5.18. The second-order valence-corrected chi connectivity index (χ2v) is 2.18. The van der Waals surface area contributed by atoms with Crippen LogP contribution in [0.1, 0.15) is 19.3 Å². The first-order valence-corrected chi connectivity index (χ1v) is 3.43.